The number of aldehydes is 1. The predicted molar refractivity (Wildman–Crippen MR) is 75.4 cm³/mol. The van der Waals surface area contributed by atoms with Gasteiger partial charge in [-0.15, -0.1) is 0 Å². The molecule has 0 bridgehead atoms. The van der Waals surface area contributed by atoms with Crippen LogP contribution in [-0.2, 0) is 9.53 Å². The summed E-state index contributed by atoms with van der Waals surface area (Å²) in [5.41, 5.74) is 0.514. The Labute approximate surface area is 111 Å². The van der Waals surface area contributed by atoms with E-state index in [0.29, 0.717) is 0 Å². The van der Waals surface area contributed by atoms with E-state index in [2.05, 4.69) is 19.9 Å². The van der Waals surface area contributed by atoms with Gasteiger partial charge in [-0.2, -0.15) is 0 Å². The summed E-state index contributed by atoms with van der Waals surface area (Å²) >= 11 is 0. The van der Waals surface area contributed by atoms with Crippen LogP contribution in [0.15, 0.2) is 24.0 Å². The maximum absolute atomic E-state index is 11.2. The summed E-state index contributed by atoms with van der Waals surface area (Å²) in [6.45, 7) is 4.36. The predicted octanol–water partition coefficient (Wildman–Crippen LogP) is 4.56. The first-order valence-corrected chi connectivity index (χ1v) is 7.28. The van der Waals surface area contributed by atoms with E-state index in [1.807, 2.05) is 6.08 Å². The maximum atomic E-state index is 11.2. The highest BCUT2D eigenvalue weighted by molar-refractivity contribution is 5.67. The van der Waals surface area contributed by atoms with Crippen LogP contribution in [0.25, 0.3) is 0 Å². The lowest BCUT2D eigenvalue weighted by atomic mass is 9.94. The Balaban J connectivity index is 2.43. The molecule has 0 saturated heterocycles. The normalized spacial score (nSPS) is 22.4. The standard InChI is InChI=1S/C16H26O2/c1-3-5-7-9-15-10-12-16(14-17,18-13-15)11-8-6-4-2/h10,12-14H,3-9,11H2,1-2H3. The number of hydrogen-bond donors (Lipinski definition) is 0. The zero-order valence-corrected chi connectivity index (χ0v) is 11.8. The highest BCUT2D eigenvalue weighted by atomic mass is 16.5. The second kappa shape index (κ2) is 8.12. The lowest BCUT2D eigenvalue weighted by Gasteiger charge is -2.27. The Morgan fingerprint density at radius 3 is 2.44 bits per heavy atom. The van der Waals surface area contributed by atoms with Crippen molar-refractivity contribution in [3.8, 4) is 0 Å². The van der Waals surface area contributed by atoms with E-state index in [9.17, 15) is 4.79 Å². The minimum Gasteiger partial charge on any atom is -0.483 e. The molecule has 102 valence electrons. The van der Waals surface area contributed by atoms with Crippen molar-refractivity contribution < 1.29 is 9.53 Å². The molecule has 2 nitrogen and oxygen atoms in total. The van der Waals surface area contributed by atoms with Crippen LogP contribution in [0, 0.1) is 0 Å². The van der Waals surface area contributed by atoms with Crippen molar-refractivity contribution in [1.82, 2.24) is 0 Å². The molecule has 1 aliphatic heterocycles. The number of rotatable bonds is 9. The highest BCUT2D eigenvalue weighted by Crippen LogP contribution is 2.26. The van der Waals surface area contributed by atoms with Crippen LogP contribution in [0.5, 0.6) is 0 Å². The van der Waals surface area contributed by atoms with E-state index in [-0.39, 0.29) is 0 Å². The van der Waals surface area contributed by atoms with Crippen molar-refractivity contribution in [2.45, 2.75) is 70.8 Å². The van der Waals surface area contributed by atoms with Gasteiger partial charge in [0.15, 0.2) is 11.9 Å². The molecule has 1 unspecified atom stereocenters. The molecule has 1 aliphatic rings. The lowest BCUT2D eigenvalue weighted by molar-refractivity contribution is -0.121. The summed E-state index contributed by atoms with van der Waals surface area (Å²) in [4.78, 5) is 11.2. The SMILES string of the molecule is CCCCCC1=COC(C=O)(CCCCC)C=C1. The molecule has 18 heavy (non-hydrogen) atoms. The van der Waals surface area contributed by atoms with Gasteiger partial charge in [0.05, 0.1) is 6.26 Å². The van der Waals surface area contributed by atoms with Crippen molar-refractivity contribution in [1.29, 1.82) is 0 Å². The van der Waals surface area contributed by atoms with E-state index in [1.165, 1.54) is 24.8 Å². The molecule has 0 spiro atoms. The number of ether oxygens (including phenoxy) is 1. The van der Waals surface area contributed by atoms with Gasteiger partial charge in [0, 0.05) is 0 Å². The average molecular weight is 250 g/mol. The minimum atomic E-state index is -0.691. The van der Waals surface area contributed by atoms with Gasteiger partial charge in [-0.3, -0.25) is 4.79 Å². The van der Waals surface area contributed by atoms with Crippen LogP contribution in [0.2, 0.25) is 0 Å². The van der Waals surface area contributed by atoms with Crippen LogP contribution in [0.3, 0.4) is 0 Å². The molecular weight excluding hydrogens is 224 g/mol. The van der Waals surface area contributed by atoms with Crippen molar-refractivity contribution in [3.05, 3.63) is 24.0 Å². The van der Waals surface area contributed by atoms with Crippen molar-refractivity contribution in [3.63, 3.8) is 0 Å². The highest BCUT2D eigenvalue weighted by Gasteiger charge is 2.29. The van der Waals surface area contributed by atoms with Crippen molar-refractivity contribution in [2.24, 2.45) is 0 Å². The molecule has 0 radical (unpaired) electrons. The Bertz CT molecular complexity index is 304. The average Bonchev–Trinajstić information content (AvgIpc) is 2.41. The van der Waals surface area contributed by atoms with E-state index >= 15 is 0 Å². The summed E-state index contributed by atoms with van der Waals surface area (Å²) < 4.78 is 5.69. The molecule has 1 heterocycles. The first kappa shape index (κ1) is 15.0. The third-order valence-corrected chi connectivity index (χ3v) is 3.45. The molecular formula is C16H26O2. The van der Waals surface area contributed by atoms with Crippen LogP contribution >= 0.6 is 0 Å². The monoisotopic (exact) mass is 250 g/mol. The zero-order valence-electron chi connectivity index (χ0n) is 11.8. The fourth-order valence-corrected chi connectivity index (χ4v) is 2.15. The van der Waals surface area contributed by atoms with E-state index < -0.39 is 5.60 Å². The van der Waals surface area contributed by atoms with E-state index in [4.69, 9.17) is 4.74 Å². The third-order valence-electron chi connectivity index (χ3n) is 3.45. The largest absolute Gasteiger partial charge is 0.483 e. The first-order chi connectivity index (χ1) is 8.76. The van der Waals surface area contributed by atoms with Crippen LogP contribution in [0.4, 0.5) is 0 Å². The Hall–Kier alpha value is -1.05. The molecule has 0 amide bonds. The second-order valence-corrected chi connectivity index (χ2v) is 5.13. The Morgan fingerprint density at radius 1 is 1.17 bits per heavy atom. The molecule has 0 N–H and O–H groups in total. The Kier molecular flexibility index (Phi) is 6.77. The molecule has 0 aromatic rings. The molecule has 0 aliphatic carbocycles. The van der Waals surface area contributed by atoms with Gasteiger partial charge in [-0.1, -0.05) is 45.6 Å². The molecule has 0 fully saturated rings. The summed E-state index contributed by atoms with van der Waals surface area (Å²) in [5, 5.41) is 0. The number of unbranched alkanes of at least 4 members (excludes halogenated alkanes) is 4. The van der Waals surface area contributed by atoms with Crippen molar-refractivity contribution in [2.75, 3.05) is 0 Å². The summed E-state index contributed by atoms with van der Waals surface area (Å²) in [6, 6.07) is 0. The van der Waals surface area contributed by atoms with Crippen molar-refractivity contribution >= 4 is 6.29 Å². The topological polar surface area (TPSA) is 26.3 Å². The van der Waals surface area contributed by atoms with Gasteiger partial charge in [-0.25, -0.2) is 0 Å². The van der Waals surface area contributed by atoms with Gasteiger partial charge >= 0.3 is 0 Å². The first-order valence-electron chi connectivity index (χ1n) is 7.28. The number of hydrogen-bond acceptors (Lipinski definition) is 2. The van der Waals surface area contributed by atoms with Gasteiger partial charge < -0.3 is 4.74 Å². The second-order valence-electron chi connectivity index (χ2n) is 5.13. The van der Waals surface area contributed by atoms with Gasteiger partial charge in [-0.05, 0) is 37.3 Å². The molecule has 0 saturated carbocycles. The summed E-state index contributed by atoms with van der Waals surface area (Å²) in [7, 11) is 0. The number of carbonyl (C=O) groups excluding carboxylic acids is 1. The fraction of sp³-hybridized carbons (Fsp3) is 0.688. The van der Waals surface area contributed by atoms with Gasteiger partial charge in [0.25, 0.3) is 0 Å². The van der Waals surface area contributed by atoms with Crippen LogP contribution < -0.4 is 0 Å². The minimum absolute atomic E-state index is 0.691. The molecule has 2 heteroatoms. The smallest absolute Gasteiger partial charge is 0.181 e. The van der Waals surface area contributed by atoms with Crippen LogP contribution in [0.1, 0.15) is 65.2 Å². The third kappa shape index (κ3) is 4.67. The van der Waals surface area contributed by atoms with E-state index in [0.717, 1.165) is 38.4 Å². The summed E-state index contributed by atoms with van der Waals surface area (Å²) in [5.74, 6) is 0. The molecule has 1 atom stereocenters. The lowest BCUT2D eigenvalue weighted by Crippen LogP contribution is -2.32. The number of allylic oxidation sites excluding steroid dienone is 2. The quantitative estimate of drug-likeness (QED) is 0.443. The maximum Gasteiger partial charge on any atom is 0.181 e. The molecule has 1 rings (SSSR count). The number of carbonyl (C=O) groups is 1. The zero-order chi connectivity index (χ0) is 13.3. The van der Waals surface area contributed by atoms with Gasteiger partial charge in [0.2, 0.25) is 0 Å². The summed E-state index contributed by atoms with van der Waals surface area (Å²) in [6.07, 6.45) is 15.6. The van der Waals surface area contributed by atoms with E-state index in [1.54, 1.807) is 6.26 Å². The molecule has 0 aromatic heterocycles. The Morgan fingerprint density at radius 2 is 1.89 bits per heavy atom. The van der Waals surface area contributed by atoms with Gasteiger partial charge in [0.1, 0.15) is 0 Å². The fourth-order valence-electron chi connectivity index (χ4n) is 2.15. The molecule has 0 aromatic carbocycles. The van der Waals surface area contributed by atoms with Crippen LogP contribution in [-0.4, -0.2) is 11.9 Å².